The Bertz CT molecular complexity index is 341. The van der Waals surface area contributed by atoms with Gasteiger partial charge in [0.2, 0.25) is 0 Å². The second-order valence-corrected chi connectivity index (χ2v) is 5.03. The topological polar surface area (TPSA) is 12.5 Å². The largest absolute Gasteiger partial charge is 0.497 e. The van der Waals surface area contributed by atoms with Crippen LogP contribution in [0.4, 0.5) is 0 Å². The number of hydrogen-bond acceptors (Lipinski definition) is 2. The summed E-state index contributed by atoms with van der Waals surface area (Å²) in [6, 6.07) is 8.47. The molecule has 0 amide bonds. The van der Waals surface area contributed by atoms with Crippen LogP contribution in [0.3, 0.4) is 0 Å². The first-order chi connectivity index (χ1) is 8.08. The standard InChI is InChI=1S/C15H25NO.BrH/c1-6-15(12(2)11-16(3)4)13-8-7-9-14(10-13)17-5;/h7-10,12,15H,6,11H2,1-5H3;1H/t12-,15+;/m0./s1. The summed E-state index contributed by atoms with van der Waals surface area (Å²) < 4.78 is 5.30. The lowest BCUT2D eigenvalue weighted by Crippen LogP contribution is -2.24. The first kappa shape index (κ1) is 17.5. The monoisotopic (exact) mass is 315 g/mol. The number of hydrogen-bond donors (Lipinski definition) is 0. The molecule has 0 fully saturated rings. The highest BCUT2D eigenvalue weighted by Crippen LogP contribution is 2.30. The Balaban J connectivity index is 0.00000289. The number of benzene rings is 1. The molecule has 0 heterocycles. The zero-order valence-electron chi connectivity index (χ0n) is 12.1. The van der Waals surface area contributed by atoms with Gasteiger partial charge in [0.25, 0.3) is 0 Å². The van der Waals surface area contributed by atoms with Crippen molar-refractivity contribution in [1.82, 2.24) is 4.90 Å². The van der Waals surface area contributed by atoms with Crippen LogP contribution in [0.1, 0.15) is 31.7 Å². The number of ether oxygens (including phenoxy) is 1. The van der Waals surface area contributed by atoms with E-state index in [4.69, 9.17) is 4.74 Å². The van der Waals surface area contributed by atoms with Gasteiger partial charge in [0.05, 0.1) is 7.11 Å². The molecule has 0 aromatic heterocycles. The third-order valence-electron chi connectivity index (χ3n) is 3.30. The maximum atomic E-state index is 5.30. The van der Waals surface area contributed by atoms with Gasteiger partial charge in [0, 0.05) is 6.54 Å². The number of nitrogens with zero attached hydrogens (tertiary/aromatic N) is 1. The molecular formula is C15H26BrNO. The molecule has 0 aliphatic carbocycles. The minimum absolute atomic E-state index is 0. The molecular weight excluding hydrogens is 290 g/mol. The van der Waals surface area contributed by atoms with E-state index in [-0.39, 0.29) is 17.0 Å². The first-order valence-electron chi connectivity index (χ1n) is 6.37. The van der Waals surface area contributed by atoms with Crippen LogP contribution in [-0.2, 0) is 0 Å². The van der Waals surface area contributed by atoms with Crippen LogP contribution in [0.15, 0.2) is 24.3 Å². The Hall–Kier alpha value is -0.540. The lowest BCUT2D eigenvalue weighted by atomic mass is 9.85. The lowest BCUT2D eigenvalue weighted by molar-refractivity contribution is 0.301. The highest BCUT2D eigenvalue weighted by atomic mass is 79.9. The van der Waals surface area contributed by atoms with Crippen LogP contribution in [0.2, 0.25) is 0 Å². The fraction of sp³-hybridized carbons (Fsp3) is 0.600. The summed E-state index contributed by atoms with van der Waals surface area (Å²) in [6.07, 6.45) is 1.17. The molecule has 1 aromatic rings. The molecule has 0 radical (unpaired) electrons. The van der Waals surface area contributed by atoms with Gasteiger partial charge in [0.15, 0.2) is 0 Å². The smallest absolute Gasteiger partial charge is 0.119 e. The lowest BCUT2D eigenvalue weighted by Gasteiger charge is -2.26. The van der Waals surface area contributed by atoms with E-state index in [0.717, 1.165) is 12.3 Å². The van der Waals surface area contributed by atoms with Crippen molar-refractivity contribution in [2.75, 3.05) is 27.7 Å². The molecule has 0 aliphatic heterocycles. The summed E-state index contributed by atoms with van der Waals surface area (Å²) >= 11 is 0. The summed E-state index contributed by atoms with van der Waals surface area (Å²) in [6.45, 7) is 5.71. The minimum Gasteiger partial charge on any atom is -0.497 e. The third kappa shape index (κ3) is 4.99. The quantitative estimate of drug-likeness (QED) is 0.787. The van der Waals surface area contributed by atoms with E-state index < -0.39 is 0 Å². The highest BCUT2D eigenvalue weighted by molar-refractivity contribution is 8.93. The molecule has 0 unspecified atom stereocenters. The predicted octanol–water partition coefficient (Wildman–Crippen LogP) is 3.96. The van der Waals surface area contributed by atoms with Crippen LogP contribution < -0.4 is 4.74 Å². The second-order valence-electron chi connectivity index (χ2n) is 5.03. The molecule has 0 N–H and O–H groups in total. The average Bonchev–Trinajstić information content (AvgIpc) is 2.29. The molecule has 18 heavy (non-hydrogen) atoms. The van der Waals surface area contributed by atoms with E-state index in [1.165, 1.54) is 12.0 Å². The molecule has 0 spiro atoms. The molecule has 3 heteroatoms. The van der Waals surface area contributed by atoms with Gasteiger partial charge >= 0.3 is 0 Å². The maximum absolute atomic E-state index is 5.30. The Kier molecular flexibility index (Phi) is 8.29. The van der Waals surface area contributed by atoms with Gasteiger partial charge in [-0.05, 0) is 50.0 Å². The summed E-state index contributed by atoms with van der Waals surface area (Å²) in [5.41, 5.74) is 1.39. The predicted molar refractivity (Wildman–Crippen MR) is 84.1 cm³/mol. The molecule has 0 saturated carbocycles. The number of rotatable bonds is 6. The zero-order chi connectivity index (χ0) is 12.8. The van der Waals surface area contributed by atoms with Crippen LogP contribution in [0.25, 0.3) is 0 Å². The fourth-order valence-corrected chi connectivity index (χ4v) is 2.54. The van der Waals surface area contributed by atoms with Gasteiger partial charge in [-0.3, -0.25) is 0 Å². The maximum Gasteiger partial charge on any atom is 0.119 e. The molecule has 0 bridgehead atoms. The Morgan fingerprint density at radius 3 is 2.44 bits per heavy atom. The normalized spacial score (nSPS) is 13.9. The fourth-order valence-electron chi connectivity index (χ4n) is 2.54. The van der Waals surface area contributed by atoms with E-state index >= 15 is 0 Å². The molecule has 1 rings (SSSR count). The molecule has 104 valence electrons. The molecule has 1 aromatic carbocycles. The van der Waals surface area contributed by atoms with Crippen molar-refractivity contribution in [2.45, 2.75) is 26.2 Å². The minimum atomic E-state index is 0. The van der Waals surface area contributed by atoms with Crippen molar-refractivity contribution in [1.29, 1.82) is 0 Å². The van der Waals surface area contributed by atoms with Crippen molar-refractivity contribution >= 4 is 17.0 Å². The second kappa shape index (κ2) is 8.54. The summed E-state index contributed by atoms with van der Waals surface area (Å²) in [5.74, 6) is 2.22. The van der Waals surface area contributed by atoms with Gasteiger partial charge in [-0.25, -0.2) is 0 Å². The molecule has 2 atom stereocenters. The van der Waals surface area contributed by atoms with Gasteiger partial charge in [0.1, 0.15) is 5.75 Å². The van der Waals surface area contributed by atoms with Crippen LogP contribution in [0.5, 0.6) is 5.75 Å². The van der Waals surface area contributed by atoms with Crippen molar-refractivity contribution in [2.24, 2.45) is 5.92 Å². The van der Waals surface area contributed by atoms with Crippen molar-refractivity contribution < 1.29 is 4.74 Å². The van der Waals surface area contributed by atoms with Crippen molar-refractivity contribution in [3.8, 4) is 5.75 Å². The first-order valence-corrected chi connectivity index (χ1v) is 6.37. The summed E-state index contributed by atoms with van der Waals surface area (Å²) in [4.78, 5) is 2.26. The van der Waals surface area contributed by atoms with E-state index in [2.05, 4.69) is 51.0 Å². The zero-order valence-corrected chi connectivity index (χ0v) is 13.9. The molecule has 0 saturated heterocycles. The molecule has 2 nitrogen and oxygen atoms in total. The van der Waals surface area contributed by atoms with E-state index in [9.17, 15) is 0 Å². The third-order valence-corrected chi connectivity index (χ3v) is 3.30. The van der Waals surface area contributed by atoms with Gasteiger partial charge < -0.3 is 9.64 Å². The van der Waals surface area contributed by atoms with Gasteiger partial charge in [-0.2, -0.15) is 0 Å². The van der Waals surface area contributed by atoms with Crippen molar-refractivity contribution in [3.05, 3.63) is 29.8 Å². The van der Waals surface area contributed by atoms with Crippen LogP contribution >= 0.6 is 17.0 Å². The summed E-state index contributed by atoms with van der Waals surface area (Å²) in [5, 5.41) is 0. The SMILES string of the molecule is Br.CC[C@@H](c1cccc(OC)c1)[C@@H](C)CN(C)C. The van der Waals surface area contributed by atoms with Crippen LogP contribution in [0, 0.1) is 5.92 Å². The Morgan fingerprint density at radius 2 is 1.94 bits per heavy atom. The van der Waals surface area contributed by atoms with Gasteiger partial charge in [-0.15, -0.1) is 17.0 Å². The average molecular weight is 316 g/mol. The van der Waals surface area contributed by atoms with Crippen LogP contribution in [-0.4, -0.2) is 32.6 Å². The van der Waals surface area contributed by atoms with E-state index in [1.807, 2.05) is 6.07 Å². The van der Waals surface area contributed by atoms with E-state index in [0.29, 0.717) is 11.8 Å². The number of methoxy groups -OCH3 is 1. The highest BCUT2D eigenvalue weighted by Gasteiger charge is 2.18. The summed E-state index contributed by atoms with van der Waals surface area (Å²) in [7, 11) is 5.99. The van der Waals surface area contributed by atoms with Crippen molar-refractivity contribution in [3.63, 3.8) is 0 Å². The van der Waals surface area contributed by atoms with E-state index in [1.54, 1.807) is 7.11 Å². The molecule has 0 aliphatic rings. The van der Waals surface area contributed by atoms with Gasteiger partial charge in [-0.1, -0.05) is 26.0 Å². The Morgan fingerprint density at radius 1 is 1.28 bits per heavy atom. The Labute approximate surface area is 122 Å². The number of halogens is 1.